The molecular weight excluding hydrogens is 290 g/mol. The van der Waals surface area contributed by atoms with Gasteiger partial charge in [0, 0.05) is 5.69 Å². The molecule has 116 valence electrons. The highest BCUT2D eigenvalue weighted by atomic mass is 16.5. The van der Waals surface area contributed by atoms with E-state index in [-0.39, 0.29) is 24.7 Å². The Labute approximate surface area is 126 Å². The smallest absolute Gasteiger partial charge is 0.335 e. The number of hydrogen-bond donors (Lipinski definition) is 2. The van der Waals surface area contributed by atoms with E-state index in [1.807, 2.05) is 0 Å². The molecule has 0 spiro atoms. The van der Waals surface area contributed by atoms with Crippen LogP contribution in [-0.2, 0) is 16.1 Å². The number of carbonyl (C=O) groups is 2. The Morgan fingerprint density at radius 2 is 2.14 bits per heavy atom. The number of aromatic nitrogens is 2. The topological polar surface area (TPSA) is 115 Å². The SMILES string of the molecule is Cc1noc(COCC(=O)Nc2cc(C(=O)O)ccc2C)n1. The summed E-state index contributed by atoms with van der Waals surface area (Å²) in [5, 5.41) is 15.1. The predicted molar refractivity (Wildman–Crippen MR) is 75.5 cm³/mol. The van der Waals surface area contributed by atoms with Crippen LogP contribution >= 0.6 is 0 Å². The maximum Gasteiger partial charge on any atom is 0.335 e. The lowest BCUT2D eigenvalue weighted by Gasteiger charge is -2.09. The van der Waals surface area contributed by atoms with Gasteiger partial charge in [-0.3, -0.25) is 4.79 Å². The van der Waals surface area contributed by atoms with Crippen LogP contribution in [0.15, 0.2) is 22.7 Å². The fourth-order valence-corrected chi connectivity index (χ4v) is 1.71. The maximum atomic E-state index is 11.8. The van der Waals surface area contributed by atoms with Gasteiger partial charge in [-0.2, -0.15) is 4.98 Å². The zero-order valence-electron chi connectivity index (χ0n) is 12.1. The number of ether oxygens (including phenoxy) is 1. The lowest BCUT2D eigenvalue weighted by atomic mass is 10.1. The molecule has 0 saturated heterocycles. The van der Waals surface area contributed by atoms with Crippen LogP contribution in [0.3, 0.4) is 0 Å². The fraction of sp³-hybridized carbons (Fsp3) is 0.286. The van der Waals surface area contributed by atoms with Crippen LogP contribution in [0.5, 0.6) is 0 Å². The molecule has 8 nitrogen and oxygen atoms in total. The summed E-state index contributed by atoms with van der Waals surface area (Å²) in [5.74, 6) is -0.682. The summed E-state index contributed by atoms with van der Waals surface area (Å²) in [6.45, 7) is 3.27. The molecule has 2 rings (SSSR count). The van der Waals surface area contributed by atoms with Crippen LogP contribution in [0.2, 0.25) is 0 Å². The van der Waals surface area contributed by atoms with Gasteiger partial charge in [0.1, 0.15) is 13.2 Å². The zero-order valence-corrected chi connectivity index (χ0v) is 12.1. The predicted octanol–water partition coefficient (Wildman–Crippen LogP) is 1.54. The van der Waals surface area contributed by atoms with Gasteiger partial charge < -0.3 is 19.7 Å². The Balaban J connectivity index is 1.89. The molecule has 0 fully saturated rings. The van der Waals surface area contributed by atoms with Crippen molar-refractivity contribution in [3.63, 3.8) is 0 Å². The van der Waals surface area contributed by atoms with E-state index in [4.69, 9.17) is 14.4 Å². The van der Waals surface area contributed by atoms with Crippen molar-refractivity contribution in [3.05, 3.63) is 41.0 Å². The van der Waals surface area contributed by atoms with Gasteiger partial charge in [0.15, 0.2) is 5.82 Å². The summed E-state index contributed by atoms with van der Waals surface area (Å²) in [4.78, 5) is 26.6. The number of carboxylic acid groups (broad SMARTS) is 1. The van der Waals surface area contributed by atoms with Gasteiger partial charge in [-0.15, -0.1) is 0 Å². The second-order valence-corrected chi connectivity index (χ2v) is 4.61. The molecule has 0 aliphatic heterocycles. The summed E-state index contributed by atoms with van der Waals surface area (Å²) < 4.78 is 10.0. The Morgan fingerprint density at radius 1 is 1.36 bits per heavy atom. The molecule has 1 heterocycles. The minimum Gasteiger partial charge on any atom is -0.478 e. The average Bonchev–Trinajstić information content (AvgIpc) is 2.86. The van der Waals surface area contributed by atoms with Gasteiger partial charge in [-0.25, -0.2) is 4.79 Å². The van der Waals surface area contributed by atoms with E-state index in [0.717, 1.165) is 5.56 Å². The molecule has 0 aliphatic carbocycles. The number of amides is 1. The van der Waals surface area contributed by atoms with E-state index in [9.17, 15) is 9.59 Å². The number of carbonyl (C=O) groups excluding carboxylic acids is 1. The van der Waals surface area contributed by atoms with Crippen LogP contribution in [0, 0.1) is 13.8 Å². The minimum absolute atomic E-state index is 0.0302. The Hall–Kier alpha value is -2.74. The van der Waals surface area contributed by atoms with Gasteiger partial charge in [0.25, 0.3) is 5.89 Å². The first kappa shape index (κ1) is 15.6. The molecule has 1 aromatic heterocycles. The zero-order chi connectivity index (χ0) is 16.1. The highest BCUT2D eigenvalue weighted by Crippen LogP contribution is 2.17. The van der Waals surface area contributed by atoms with Gasteiger partial charge in [0.05, 0.1) is 5.56 Å². The molecule has 1 aromatic carbocycles. The van der Waals surface area contributed by atoms with Crippen molar-refractivity contribution in [2.24, 2.45) is 0 Å². The van der Waals surface area contributed by atoms with E-state index in [1.54, 1.807) is 19.9 Å². The molecule has 0 saturated carbocycles. The maximum absolute atomic E-state index is 11.8. The quantitative estimate of drug-likeness (QED) is 0.831. The molecular formula is C14H15N3O5. The van der Waals surface area contributed by atoms with Crippen LogP contribution in [0.25, 0.3) is 0 Å². The number of anilines is 1. The summed E-state index contributed by atoms with van der Waals surface area (Å²) >= 11 is 0. The molecule has 0 bridgehead atoms. The molecule has 1 amide bonds. The van der Waals surface area contributed by atoms with Gasteiger partial charge in [-0.05, 0) is 31.5 Å². The lowest BCUT2D eigenvalue weighted by molar-refractivity contribution is -0.121. The van der Waals surface area contributed by atoms with Crippen LogP contribution in [-0.4, -0.2) is 33.7 Å². The number of nitrogens with zero attached hydrogens (tertiary/aromatic N) is 2. The third-order valence-electron chi connectivity index (χ3n) is 2.79. The second-order valence-electron chi connectivity index (χ2n) is 4.61. The normalized spacial score (nSPS) is 10.5. The van der Waals surface area contributed by atoms with E-state index < -0.39 is 11.9 Å². The number of hydrogen-bond acceptors (Lipinski definition) is 6. The molecule has 2 N–H and O–H groups in total. The number of aromatic carboxylic acids is 1. The van der Waals surface area contributed by atoms with Crippen LogP contribution < -0.4 is 5.32 Å². The van der Waals surface area contributed by atoms with Crippen LogP contribution in [0.4, 0.5) is 5.69 Å². The highest BCUT2D eigenvalue weighted by molar-refractivity contribution is 5.95. The standard InChI is InChI=1S/C14H15N3O5/c1-8-3-4-10(14(19)20)5-11(8)16-12(18)6-21-7-13-15-9(2)17-22-13/h3-5H,6-7H2,1-2H3,(H,16,18)(H,19,20). The summed E-state index contributed by atoms with van der Waals surface area (Å²) in [5.41, 5.74) is 1.29. The Bertz CT molecular complexity index is 696. The largest absolute Gasteiger partial charge is 0.478 e. The van der Waals surface area contributed by atoms with Crippen LogP contribution in [0.1, 0.15) is 27.6 Å². The van der Waals surface area contributed by atoms with Crippen molar-refractivity contribution < 1.29 is 24.0 Å². The molecule has 0 unspecified atom stereocenters. The van der Waals surface area contributed by atoms with E-state index in [1.165, 1.54) is 12.1 Å². The first-order valence-electron chi connectivity index (χ1n) is 6.46. The number of aryl methyl sites for hydroxylation is 2. The Kier molecular flexibility index (Phi) is 4.84. The molecule has 22 heavy (non-hydrogen) atoms. The van der Waals surface area contributed by atoms with Gasteiger partial charge >= 0.3 is 5.97 Å². The number of benzene rings is 1. The van der Waals surface area contributed by atoms with Gasteiger partial charge in [0.2, 0.25) is 5.91 Å². The molecule has 2 aromatic rings. The highest BCUT2D eigenvalue weighted by Gasteiger charge is 2.10. The van der Waals surface area contributed by atoms with Crippen molar-refractivity contribution in [1.29, 1.82) is 0 Å². The number of rotatable bonds is 6. The van der Waals surface area contributed by atoms with E-state index in [2.05, 4.69) is 15.5 Å². The van der Waals surface area contributed by atoms with Crippen molar-refractivity contribution in [2.75, 3.05) is 11.9 Å². The van der Waals surface area contributed by atoms with Crippen molar-refractivity contribution >= 4 is 17.6 Å². The van der Waals surface area contributed by atoms with Crippen molar-refractivity contribution in [3.8, 4) is 0 Å². The Morgan fingerprint density at radius 3 is 2.77 bits per heavy atom. The van der Waals surface area contributed by atoms with E-state index in [0.29, 0.717) is 11.5 Å². The third-order valence-corrected chi connectivity index (χ3v) is 2.79. The first-order chi connectivity index (χ1) is 10.5. The third kappa shape index (κ3) is 4.13. The first-order valence-corrected chi connectivity index (χ1v) is 6.46. The average molecular weight is 305 g/mol. The number of carboxylic acids is 1. The number of nitrogens with one attached hydrogen (secondary N) is 1. The summed E-state index contributed by atoms with van der Waals surface area (Å²) in [7, 11) is 0. The van der Waals surface area contributed by atoms with Gasteiger partial charge in [-0.1, -0.05) is 11.2 Å². The monoisotopic (exact) mass is 305 g/mol. The minimum atomic E-state index is -1.06. The second kappa shape index (κ2) is 6.81. The summed E-state index contributed by atoms with van der Waals surface area (Å²) in [6, 6.07) is 4.50. The molecule has 0 atom stereocenters. The van der Waals surface area contributed by atoms with E-state index >= 15 is 0 Å². The van der Waals surface area contributed by atoms with Crippen molar-refractivity contribution in [2.45, 2.75) is 20.5 Å². The van der Waals surface area contributed by atoms with Crippen molar-refractivity contribution in [1.82, 2.24) is 10.1 Å². The fourth-order valence-electron chi connectivity index (χ4n) is 1.71. The molecule has 0 radical (unpaired) electrons. The molecule has 0 aliphatic rings. The summed E-state index contributed by atoms with van der Waals surface area (Å²) in [6.07, 6.45) is 0. The molecule has 8 heteroatoms. The lowest BCUT2D eigenvalue weighted by Crippen LogP contribution is -2.19.